The van der Waals surface area contributed by atoms with Gasteiger partial charge in [0.25, 0.3) is 0 Å². The van der Waals surface area contributed by atoms with Gasteiger partial charge in [-0.3, -0.25) is 9.59 Å². The first-order valence-corrected chi connectivity index (χ1v) is 10.4. The molecule has 2 aliphatic rings. The van der Waals surface area contributed by atoms with Crippen molar-refractivity contribution in [3.63, 3.8) is 0 Å². The number of carbonyl (C=O) groups excluding carboxylic acids is 2. The molecule has 0 spiro atoms. The third-order valence-corrected chi connectivity index (χ3v) is 5.84. The van der Waals surface area contributed by atoms with Crippen molar-refractivity contribution in [2.24, 2.45) is 0 Å². The zero-order valence-corrected chi connectivity index (χ0v) is 16.4. The monoisotopic (exact) mass is 398 g/mol. The van der Waals surface area contributed by atoms with Crippen LogP contribution in [0.15, 0.2) is 30.3 Å². The average Bonchev–Trinajstić information content (AvgIpc) is 3.34. The Balaban J connectivity index is 1.50. The molecule has 1 aromatic carbocycles. The summed E-state index contributed by atoms with van der Waals surface area (Å²) in [6.45, 7) is 2.60. The van der Waals surface area contributed by atoms with Crippen LogP contribution in [0.1, 0.15) is 42.9 Å². The Hall–Kier alpha value is -2.67. The van der Waals surface area contributed by atoms with Gasteiger partial charge >= 0.3 is 0 Å². The molecule has 1 aromatic heterocycles. The SMILES string of the molecule is O=C(CCc1cc(C2CCNCC2)[nH]c1-c1ccc(F)cc1)NC1CCNC1=O. The summed E-state index contributed by atoms with van der Waals surface area (Å²) in [7, 11) is 0. The highest BCUT2D eigenvalue weighted by Gasteiger charge is 2.26. The molecule has 29 heavy (non-hydrogen) atoms. The molecular weight excluding hydrogens is 371 g/mol. The smallest absolute Gasteiger partial charge is 0.242 e. The topological polar surface area (TPSA) is 86.0 Å². The number of hydrogen-bond acceptors (Lipinski definition) is 3. The van der Waals surface area contributed by atoms with Gasteiger partial charge in [0.15, 0.2) is 0 Å². The number of H-pyrrole nitrogens is 1. The van der Waals surface area contributed by atoms with E-state index in [-0.39, 0.29) is 17.6 Å². The first-order valence-electron chi connectivity index (χ1n) is 10.4. The van der Waals surface area contributed by atoms with Crippen molar-refractivity contribution in [1.29, 1.82) is 0 Å². The van der Waals surface area contributed by atoms with Crippen LogP contribution >= 0.6 is 0 Å². The Morgan fingerprint density at radius 1 is 1.10 bits per heavy atom. The van der Waals surface area contributed by atoms with Crippen molar-refractivity contribution < 1.29 is 14.0 Å². The number of halogens is 1. The van der Waals surface area contributed by atoms with Gasteiger partial charge in [0, 0.05) is 30.3 Å². The van der Waals surface area contributed by atoms with Crippen LogP contribution < -0.4 is 16.0 Å². The maximum absolute atomic E-state index is 13.4. The van der Waals surface area contributed by atoms with Gasteiger partial charge in [-0.25, -0.2) is 4.39 Å². The number of benzene rings is 1. The standard InChI is InChI=1S/C22H27FN4O2/c23-17-4-1-15(2-5-17)21-16(13-19(27-21)14-7-10-24-11-8-14)3-6-20(28)26-18-9-12-25-22(18)29/h1-2,4-5,13-14,18,24,27H,3,6-12H2,(H,25,29)(H,26,28). The van der Waals surface area contributed by atoms with Crippen molar-refractivity contribution in [3.05, 3.63) is 47.4 Å². The lowest BCUT2D eigenvalue weighted by Crippen LogP contribution is -2.40. The van der Waals surface area contributed by atoms with Crippen LogP contribution in [-0.4, -0.2) is 42.5 Å². The van der Waals surface area contributed by atoms with Crippen molar-refractivity contribution >= 4 is 11.8 Å². The molecule has 154 valence electrons. The van der Waals surface area contributed by atoms with E-state index in [1.807, 2.05) is 0 Å². The van der Waals surface area contributed by atoms with Gasteiger partial charge in [0.2, 0.25) is 11.8 Å². The molecule has 2 aliphatic heterocycles. The van der Waals surface area contributed by atoms with Crippen molar-refractivity contribution in [2.45, 2.75) is 44.1 Å². The molecule has 0 bridgehead atoms. The van der Waals surface area contributed by atoms with Crippen molar-refractivity contribution in [3.8, 4) is 11.3 Å². The third-order valence-electron chi connectivity index (χ3n) is 5.84. The maximum Gasteiger partial charge on any atom is 0.242 e. The molecule has 2 fully saturated rings. The van der Waals surface area contributed by atoms with E-state index in [2.05, 4.69) is 27.0 Å². The van der Waals surface area contributed by atoms with Crippen LogP contribution in [0.3, 0.4) is 0 Å². The zero-order valence-electron chi connectivity index (χ0n) is 16.4. The largest absolute Gasteiger partial charge is 0.358 e. The predicted molar refractivity (Wildman–Crippen MR) is 109 cm³/mol. The van der Waals surface area contributed by atoms with E-state index in [1.165, 1.54) is 17.8 Å². The maximum atomic E-state index is 13.4. The summed E-state index contributed by atoms with van der Waals surface area (Å²) >= 11 is 0. The minimum atomic E-state index is -0.421. The lowest BCUT2D eigenvalue weighted by atomic mass is 9.94. The van der Waals surface area contributed by atoms with E-state index in [1.54, 1.807) is 12.1 Å². The van der Waals surface area contributed by atoms with E-state index < -0.39 is 6.04 Å². The van der Waals surface area contributed by atoms with Crippen LogP contribution in [-0.2, 0) is 16.0 Å². The van der Waals surface area contributed by atoms with Gasteiger partial charge in [-0.15, -0.1) is 0 Å². The second kappa shape index (κ2) is 8.78. The lowest BCUT2D eigenvalue weighted by Gasteiger charge is -2.21. The number of rotatable bonds is 6. The summed E-state index contributed by atoms with van der Waals surface area (Å²) in [5.41, 5.74) is 4.09. The lowest BCUT2D eigenvalue weighted by molar-refractivity contribution is -0.127. The van der Waals surface area contributed by atoms with E-state index >= 15 is 0 Å². The van der Waals surface area contributed by atoms with Gasteiger partial charge in [0.1, 0.15) is 11.9 Å². The van der Waals surface area contributed by atoms with Crippen LogP contribution in [0.2, 0.25) is 0 Å². The van der Waals surface area contributed by atoms with Crippen LogP contribution in [0.25, 0.3) is 11.3 Å². The van der Waals surface area contributed by atoms with Gasteiger partial charge < -0.3 is 20.9 Å². The summed E-state index contributed by atoms with van der Waals surface area (Å²) in [6, 6.07) is 8.17. The summed E-state index contributed by atoms with van der Waals surface area (Å²) in [5.74, 6) is -0.0447. The van der Waals surface area contributed by atoms with Crippen LogP contribution in [0, 0.1) is 5.82 Å². The number of amides is 2. The minimum Gasteiger partial charge on any atom is -0.358 e. The van der Waals surface area contributed by atoms with E-state index in [0.717, 1.165) is 42.8 Å². The number of aromatic amines is 1. The van der Waals surface area contributed by atoms with Crippen molar-refractivity contribution in [2.75, 3.05) is 19.6 Å². The van der Waals surface area contributed by atoms with Gasteiger partial charge in [0.05, 0.1) is 0 Å². The molecule has 1 atom stereocenters. The molecule has 0 aliphatic carbocycles. The minimum absolute atomic E-state index is 0.111. The summed E-state index contributed by atoms with van der Waals surface area (Å²) in [4.78, 5) is 27.6. The molecule has 7 heteroatoms. The molecule has 4 rings (SSSR count). The first kappa shape index (κ1) is 19.6. The normalized spacial score (nSPS) is 19.9. The molecular formula is C22H27FN4O2. The highest BCUT2D eigenvalue weighted by Crippen LogP contribution is 2.32. The molecule has 0 saturated carbocycles. The number of nitrogens with one attached hydrogen (secondary N) is 4. The zero-order chi connectivity index (χ0) is 20.2. The first-order chi connectivity index (χ1) is 14.1. The molecule has 2 saturated heterocycles. The number of piperidine rings is 1. The second-order valence-electron chi connectivity index (χ2n) is 7.86. The fourth-order valence-electron chi connectivity index (χ4n) is 4.19. The Morgan fingerprint density at radius 3 is 2.55 bits per heavy atom. The molecule has 1 unspecified atom stereocenters. The summed E-state index contributed by atoms with van der Waals surface area (Å²) in [5, 5.41) is 8.93. The Morgan fingerprint density at radius 2 is 1.86 bits per heavy atom. The number of aromatic nitrogens is 1. The van der Waals surface area contributed by atoms with E-state index in [0.29, 0.717) is 31.7 Å². The Kier molecular flexibility index (Phi) is 5.94. The molecule has 6 nitrogen and oxygen atoms in total. The van der Waals surface area contributed by atoms with Crippen LogP contribution in [0.4, 0.5) is 4.39 Å². The number of carbonyl (C=O) groups is 2. The second-order valence-corrected chi connectivity index (χ2v) is 7.86. The molecule has 3 heterocycles. The highest BCUT2D eigenvalue weighted by molar-refractivity contribution is 5.89. The summed E-state index contributed by atoms with van der Waals surface area (Å²) in [6.07, 6.45) is 3.64. The summed E-state index contributed by atoms with van der Waals surface area (Å²) < 4.78 is 13.4. The Bertz CT molecular complexity index is 871. The number of hydrogen-bond donors (Lipinski definition) is 4. The van der Waals surface area contributed by atoms with Crippen molar-refractivity contribution in [1.82, 2.24) is 20.9 Å². The van der Waals surface area contributed by atoms with Gasteiger partial charge in [-0.1, -0.05) is 0 Å². The quantitative estimate of drug-likeness (QED) is 0.602. The molecule has 2 amide bonds. The molecule has 4 N–H and O–H groups in total. The van der Waals surface area contributed by atoms with Gasteiger partial charge in [-0.2, -0.15) is 0 Å². The fraction of sp³-hybridized carbons (Fsp3) is 0.455. The molecule has 0 radical (unpaired) electrons. The third kappa shape index (κ3) is 4.67. The molecule has 2 aromatic rings. The van der Waals surface area contributed by atoms with Gasteiger partial charge in [-0.05, 0) is 80.2 Å². The predicted octanol–water partition coefficient (Wildman–Crippen LogP) is 2.23. The van der Waals surface area contributed by atoms with E-state index in [4.69, 9.17) is 0 Å². The van der Waals surface area contributed by atoms with Crippen LogP contribution in [0.5, 0.6) is 0 Å². The highest BCUT2D eigenvalue weighted by atomic mass is 19.1. The Labute approximate surface area is 169 Å². The number of aryl methyl sites for hydroxylation is 1. The van der Waals surface area contributed by atoms with E-state index in [9.17, 15) is 14.0 Å². The average molecular weight is 398 g/mol. The fourth-order valence-corrected chi connectivity index (χ4v) is 4.19.